The van der Waals surface area contributed by atoms with Crippen LogP contribution in [0.2, 0.25) is 0 Å². The normalized spacial score (nSPS) is 16.7. The first kappa shape index (κ1) is 18.7. The van der Waals surface area contributed by atoms with Gasteiger partial charge in [0.15, 0.2) is 11.5 Å². The second-order valence-corrected chi connectivity index (χ2v) is 7.91. The van der Waals surface area contributed by atoms with E-state index in [9.17, 15) is 4.79 Å². The van der Waals surface area contributed by atoms with Gasteiger partial charge in [-0.2, -0.15) is 0 Å². The van der Waals surface area contributed by atoms with Gasteiger partial charge in [0.2, 0.25) is 12.7 Å². The van der Waals surface area contributed by atoms with Gasteiger partial charge in [-0.3, -0.25) is 9.78 Å². The quantitative estimate of drug-likeness (QED) is 0.646. The summed E-state index contributed by atoms with van der Waals surface area (Å²) in [6, 6.07) is 20.2. The largest absolute Gasteiger partial charge is 0.454 e. The van der Waals surface area contributed by atoms with Crippen molar-refractivity contribution < 1.29 is 14.3 Å². The van der Waals surface area contributed by atoms with Gasteiger partial charge >= 0.3 is 0 Å². The van der Waals surface area contributed by atoms with Crippen molar-refractivity contribution in [3.63, 3.8) is 0 Å². The zero-order valence-corrected chi connectivity index (χ0v) is 16.8. The molecule has 1 amide bonds. The Labute approximate surface area is 176 Å². The summed E-state index contributed by atoms with van der Waals surface area (Å²) in [4.78, 5) is 20.0. The Morgan fingerprint density at radius 3 is 2.67 bits per heavy atom. The number of aromatic nitrogens is 1. The van der Waals surface area contributed by atoms with Crippen LogP contribution in [0.3, 0.4) is 0 Å². The lowest BCUT2D eigenvalue weighted by Gasteiger charge is -2.30. The van der Waals surface area contributed by atoms with Gasteiger partial charge in [0.05, 0.1) is 12.2 Å². The van der Waals surface area contributed by atoms with Crippen molar-refractivity contribution in [1.82, 2.24) is 9.88 Å². The lowest BCUT2D eigenvalue weighted by molar-refractivity contribution is -0.137. The van der Waals surface area contributed by atoms with E-state index in [0.29, 0.717) is 13.1 Å². The summed E-state index contributed by atoms with van der Waals surface area (Å²) in [6.45, 7) is 1.26. The highest BCUT2D eigenvalue weighted by Gasteiger charge is 2.29. The molecule has 5 heteroatoms. The highest BCUT2D eigenvalue weighted by Crippen LogP contribution is 2.33. The molecule has 5 rings (SSSR count). The van der Waals surface area contributed by atoms with E-state index in [1.807, 2.05) is 41.3 Å². The third-order valence-electron chi connectivity index (χ3n) is 5.90. The number of hydrogen-bond donors (Lipinski definition) is 0. The summed E-state index contributed by atoms with van der Waals surface area (Å²) in [6.07, 6.45) is 4.41. The minimum atomic E-state index is -0.00220. The zero-order valence-electron chi connectivity index (χ0n) is 16.8. The maximum atomic E-state index is 13.6. The summed E-state index contributed by atoms with van der Waals surface area (Å²) in [5.74, 6) is 1.68. The number of amides is 1. The minimum Gasteiger partial charge on any atom is -0.454 e. The fraction of sp³-hybridized carbons (Fsp3) is 0.280. The van der Waals surface area contributed by atoms with Gasteiger partial charge in [-0.05, 0) is 60.2 Å². The summed E-state index contributed by atoms with van der Waals surface area (Å²) in [5.41, 5.74) is 4.58. The van der Waals surface area contributed by atoms with E-state index in [-0.39, 0.29) is 18.6 Å². The van der Waals surface area contributed by atoms with Crippen molar-refractivity contribution in [2.24, 2.45) is 5.92 Å². The van der Waals surface area contributed by atoms with E-state index in [2.05, 4.69) is 29.2 Å². The van der Waals surface area contributed by atoms with Crippen molar-refractivity contribution in [2.75, 3.05) is 6.79 Å². The molecule has 5 nitrogen and oxygen atoms in total. The fourth-order valence-electron chi connectivity index (χ4n) is 4.33. The van der Waals surface area contributed by atoms with Crippen LogP contribution < -0.4 is 9.47 Å². The van der Waals surface area contributed by atoms with Gasteiger partial charge in [0.1, 0.15) is 0 Å². The third-order valence-corrected chi connectivity index (χ3v) is 5.90. The number of benzene rings is 2. The number of ether oxygens (including phenoxy) is 2. The van der Waals surface area contributed by atoms with Crippen molar-refractivity contribution >= 4 is 5.91 Å². The molecule has 1 atom stereocenters. The Hall–Kier alpha value is -3.34. The molecular weight excluding hydrogens is 376 g/mol. The number of carbonyl (C=O) groups is 1. The molecule has 1 aliphatic heterocycles. The predicted molar refractivity (Wildman–Crippen MR) is 113 cm³/mol. The van der Waals surface area contributed by atoms with Crippen molar-refractivity contribution in [3.05, 3.63) is 89.2 Å². The summed E-state index contributed by atoms with van der Waals surface area (Å²) in [5, 5.41) is 0. The Morgan fingerprint density at radius 1 is 0.967 bits per heavy atom. The SMILES string of the molecule is O=C([C@@H]1CCc2ccccc2C1)N(Cc1ccc2c(c1)OCO2)Cc1ccccn1. The van der Waals surface area contributed by atoms with Crippen molar-refractivity contribution in [3.8, 4) is 11.5 Å². The number of fused-ring (bicyclic) bond motifs is 2. The van der Waals surface area contributed by atoms with E-state index >= 15 is 0 Å². The van der Waals surface area contributed by atoms with Crippen LogP contribution in [0.5, 0.6) is 11.5 Å². The Morgan fingerprint density at radius 2 is 1.80 bits per heavy atom. The molecule has 0 saturated carbocycles. The average Bonchev–Trinajstić information content (AvgIpc) is 3.26. The van der Waals surface area contributed by atoms with Crippen molar-refractivity contribution in [1.29, 1.82) is 0 Å². The van der Waals surface area contributed by atoms with E-state index < -0.39 is 0 Å². The van der Waals surface area contributed by atoms with E-state index in [1.54, 1.807) is 6.20 Å². The smallest absolute Gasteiger partial charge is 0.231 e. The molecule has 1 aliphatic carbocycles. The fourth-order valence-corrected chi connectivity index (χ4v) is 4.33. The third kappa shape index (κ3) is 3.88. The maximum Gasteiger partial charge on any atom is 0.231 e. The van der Waals surface area contributed by atoms with E-state index in [1.165, 1.54) is 11.1 Å². The summed E-state index contributed by atoms with van der Waals surface area (Å²) in [7, 11) is 0. The van der Waals surface area contributed by atoms with Gasteiger partial charge in [-0.15, -0.1) is 0 Å². The molecule has 3 aromatic rings. The second-order valence-electron chi connectivity index (χ2n) is 7.91. The molecule has 2 aromatic carbocycles. The van der Waals surface area contributed by atoms with Crippen LogP contribution in [0.25, 0.3) is 0 Å². The van der Waals surface area contributed by atoms with E-state index in [4.69, 9.17) is 9.47 Å². The predicted octanol–water partition coefficient (Wildman–Crippen LogP) is 4.14. The molecule has 0 bridgehead atoms. The van der Waals surface area contributed by atoms with Crippen LogP contribution in [-0.4, -0.2) is 22.6 Å². The molecule has 0 radical (unpaired) electrons. The summed E-state index contributed by atoms with van der Waals surface area (Å²) < 4.78 is 10.9. The Bertz CT molecular complexity index is 1050. The van der Waals surface area contributed by atoms with Crippen LogP contribution >= 0.6 is 0 Å². The molecule has 1 aromatic heterocycles. The van der Waals surface area contributed by atoms with Gasteiger partial charge in [0, 0.05) is 18.7 Å². The number of hydrogen-bond acceptors (Lipinski definition) is 4. The molecule has 30 heavy (non-hydrogen) atoms. The molecule has 152 valence electrons. The second kappa shape index (κ2) is 8.19. The Balaban J connectivity index is 1.38. The lowest BCUT2D eigenvalue weighted by Crippen LogP contribution is -2.37. The number of aryl methyl sites for hydroxylation is 1. The standard InChI is InChI=1S/C25H24N2O3/c28-25(21-10-9-19-5-1-2-6-20(19)14-21)27(16-22-7-3-4-12-26-22)15-18-8-11-23-24(13-18)30-17-29-23/h1-8,11-13,21H,9-10,14-17H2/t21-/m1/s1. The number of rotatable bonds is 5. The molecular formula is C25H24N2O3. The lowest BCUT2D eigenvalue weighted by atomic mass is 9.83. The molecule has 0 spiro atoms. The molecule has 0 fully saturated rings. The van der Waals surface area contributed by atoms with Crippen LogP contribution in [0.1, 0.15) is 28.8 Å². The van der Waals surface area contributed by atoms with Crippen molar-refractivity contribution in [2.45, 2.75) is 32.4 Å². The first-order valence-corrected chi connectivity index (χ1v) is 10.4. The molecule has 2 heterocycles. The van der Waals surface area contributed by atoms with Crippen LogP contribution in [0.15, 0.2) is 66.9 Å². The van der Waals surface area contributed by atoms with Crippen LogP contribution in [0.4, 0.5) is 0 Å². The first-order chi connectivity index (χ1) is 14.8. The highest BCUT2D eigenvalue weighted by molar-refractivity contribution is 5.79. The molecule has 0 saturated heterocycles. The molecule has 0 N–H and O–H groups in total. The van der Waals surface area contributed by atoms with E-state index in [0.717, 1.165) is 42.0 Å². The monoisotopic (exact) mass is 400 g/mol. The van der Waals surface area contributed by atoms with Gasteiger partial charge in [0.25, 0.3) is 0 Å². The highest BCUT2D eigenvalue weighted by atomic mass is 16.7. The first-order valence-electron chi connectivity index (χ1n) is 10.4. The summed E-state index contributed by atoms with van der Waals surface area (Å²) >= 11 is 0. The van der Waals surface area contributed by atoms with Crippen LogP contribution in [-0.2, 0) is 30.7 Å². The molecule has 0 unspecified atom stereocenters. The molecule has 2 aliphatic rings. The zero-order chi connectivity index (χ0) is 20.3. The maximum absolute atomic E-state index is 13.6. The number of pyridine rings is 1. The van der Waals surface area contributed by atoms with Gasteiger partial charge in [-0.25, -0.2) is 0 Å². The minimum absolute atomic E-state index is 0.00220. The number of carbonyl (C=O) groups excluding carboxylic acids is 1. The number of nitrogens with zero attached hydrogens (tertiary/aromatic N) is 2. The van der Waals surface area contributed by atoms with Gasteiger partial charge < -0.3 is 14.4 Å². The Kier molecular flexibility index (Phi) is 5.10. The average molecular weight is 400 g/mol. The van der Waals surface area contributed by atoms with Crippen LogP contribution in [0, 0.1) is 5.92 Å². The topological polar surface area (TPSA) is 51.7 Å². The van der Waals surface area contributed by atoms with Gasteiger partial charge in [-0.1, -0.05) is 36.4 Å².